The number of hydrogen-bond donors (Lipinski definition) is 1. The van der Waals surface area contributed by atoms with E-state index in [1.54, 1.807) is 13.0 Å². The molecule has 0 bridgehead atoms. The van der Waals surface area contributed by atoms with E-state index >= 15 is 0 Å². The molecule has 154 valence electrons. The van der Waals surface area contributed by atoms with Crippen LogP contribution in [0.4, 0.5) is 5.69 Å². The van der Waals surface area contributed by atoms with Gasteiger partial charge in [-0.2, -0.15) is 0 Å². The van der Waals surface area contributed by atoms with Crippen LogP contribution in [0, 0.1) is 11.8 Å². The van der Waals surface area contributed by atoms with Crippen LogP contribution in [0.2, 0.25) is 0 Å². The van der Waals surface area contributed by atoms with Crippen LogP contribution >= 0.6 is 0 Å². The summed E-state index contributed by atoms with van der Waals surface area (Å²) in [7, 11) is 0. The van der Waals surface area contributed by atoms with E-state index < -0.39 is 0 Å². The lowest BCUT2D eigenvalue weighted by atomic mass is 10.1. The van der Waals surface area contributed by atoms with E-state index in [-0.39, 0.29) is 19.3 Å². The highest BCUT2D eigenvalue weighted by Gasteiger charge is 2.14. The van der Waals surface area contributed by atoms with E-state index in [2.05, 4.69) is 22.3 Å². The Morgan fingerprint density at radius 2 is 1.74 bits per heavy atom. The summed E-state index contributed by atoms with van der Waals surface area (Å²) in [4.78, 5) is 17.4. The zero-order chi connectivity index (χ0) is 21.5. The number of hydrogen-bond acceptors (Lipinski definition) is 5. The van der Waals surface area contributed by atoms with Gasteiger partial charge in [-0.3, -0.25) is 4.79 Å². The van der Waals surface area contributed by atoms with Gasteiger partial charge in [0.1, 0.15) is 0 Å². The summed E-state index contributed by atoms with van der Waals surface area (Å²) in [6, 6.07) is 22.6. The smallest absolute Gasteiger partial charge is 0.265 e. The average molecular weight is 412 g/mol. The molecule has 3 aromatic carbocycles. The SMILES string of the molecule is C/C(=N\OCC(=O)Nc1cccc(C#Cc2ccccc2)c1)c1ccc2c(c1)OCO2. The zero-order valence-corrected chi connectivity index (χ0v) is 16.9. The molecule has 0 atom stereocenters. The van der Waals surface area contributed by atoms with Crippen LogP contribution in [0.1, 0.15) is 23.6 Å². The highest BCUT2D eigenvalue weighted by molar-refractivity contribution is 5.99. The van der Waals surface area contributed by atoms with Crippen molar-refractivity contribution in [3.05, 3.63) is 89.5 Å². The maximum atomic E-state index is 12.2. The minimum atomic E-state index is -0.310. The summed E-state index contributed by atoms with van der Waals surface area (Å²) in [5, 5.41) is 6.81. The fourth-order valence-corrected chi connectivity index (χ4v) is 2.90. The average Bonchev–Trinajstić information content (AvgIpc) is 3.26. The molecule has 0 fully saturated rings. The number of amides is 1. The van der Waals surface area contributed by atoms with Crippen molar-refractivity contribution in [3.8, 4) is 23.3 Å². The van der Waals surface area contributed by atoms with Crippen molar-refractivity contribution in [3.63, 3.8) is 0 Å². The molecular weight excluding hydrogens is 392 g/mol. The molecule has 31 heavy (non-hydrogen) atoms. The molecular formula is C25H20N2O4. The number of rotatable bonds is 5. The Morgan fingerprint density at radius 3 is 2.61 bits per heavy atom. The third kappa shape index (κ3) is 5.43. The number of nitrogens with one attached hydrogen (secondary N) is 1. The number of benzene rings is 3. The van der Waals surface area contributed by atoms with Crippen molar-refractivity contribution in [1.82, 2.24) is 0 Å². The standard InChI is InChI=1S/C25H20N2O4/c1-18(21-12-13-23-24(15-21)30-17-29-23)27-31-16-25(28)26-22-9-5-8-20(14-22)11-10-19-6-3-2-4-7-19/h2-9,12-15H,16-17H2,1H3,(H,26,28)/b27-18+. The van der Waals surface area contributed by atoms with E-state index in [0.717, 1.165) is 16.7 Å². The first kappa shape index (κ1) is 20.0. The van der Waals surface area contributed by atoms with Crippen molar-refractivity contribution in [2.24, 2.45) is 5.16 Å². The lowest BCUT2D eigenvalue weighted by molar-refractivity contribution is -0.120. The molecule has 3 aromatic rings. The Balaban J connectivity index is 1.32. The molecule has 0 aliphatic carbocycles. The summed E-state index contributed by atoms with van der Waals surface area (Å²) >= 11 is 0. The van der Waals surface area contributed by atoms with Gasteiger partial charge in [0, 0.05) is 22.4 Å². The lowest BCUT2D eigenvalue weighted by Gasteiger charge is -2.06. The number of oxime groups is 1. The van der Waals surface area contributed by atoms with Crippen LogP contribution in [0.3, 0.4) is 0 Å². The van der Waals surface area contributed by atoms with Crippen molar-refractivity contribution >= 4 is 17.3 Å². The third-order valence-corrected chi connectivity index (χ3v) is 4.46. The molecule has 1 aliphatic rings. The molecule has 0 radical (unpaired) electrons. The highest BCUT2D eigenvalue weighted by atomic mass is 16.7. The number of ether oxygens (including phenoxy) is 2. The summed E-state index contributed by atoms with van der Waals surface area (Å²) < 4.78 is 10.7. The van der Waals surface area contributed by atoms with Gasteiger partial charge in [0.05, 0.1) is 5.71 Å². The van der Waals surface area contributed by atoms with Crippen LogP contribution in [0.25, 0.3) is 0 Å². The number of carbonyl (C=O) groups is 1. The topological polar surface area (TPSA) is 69.2 Å². The van der Waals surface area contributed by atoms with E-state index in [1.165, 1.54) is 0 Å². The molecule has 4 rings (SSSR count). The fraction of sp³-hybridized carbons (Fsp3) is 0.120. The molecule has 1 amide bonds. The van der Waals surface area contributed by atoms with E-state index in [1.807, 2.05) is 66.7 Å². The second-order valence-corrected chi connectivity index (χ2v) is 6.76. The molecule has 6 heteroatoms. The van der Waals surface area contributed by atoms with Gasteiger partial charge in [-0.1, -0.05) is 41.3 Å². The van der Waals surface area contributed by atoms with Gasteiger partial charge >= 0.3 is 0 Å². The molecule has 1 N–H and O–H groups in total. The number of carbonyl (C=O) groups excluding carboxylic acids is 1. The molecule has 6 nitrogen and oxygen atoms in total. The molecule has 0 unspecified atom stereocenters. The van der Waals surface area contributed by atoms with Crippen molar-refractivity contribution in [2.75, 3.05) is 18.7 Å². The predicted octanol–water partition coefficient (Wildman–Crippen LogP) is 4.19. The van der Waals surface area contributed by atoms with Crippen molar-refractivity contribution in [2.45, 2.75) is 6.92 Å². The predicted molar refractivity (Wildman–Crippen MR) is 118 cm³/mol. The first-order valence-corrected chi connectivity index (χ1v) is 9.71. The Labute approximate surface area is 180 Å². The van der Waals surface area contributed by atoms with E-state index in [9.17, 15) is 4.79 Å². The highest BCUT2D eigenvalue weighted by Crippen LogP contribution is 2.32. The maximum Gasteiger partial charge on any atom is 0.265 e. The maximum absolute atomic E-state index is 12.2. The Kier molecular flexibility index (Phi) is 6.15. The number of fused-ring (bicyclic) bond motifs is 1. The molecule has 0 aromatic heterocycles. The molecule has 1 heterocycles. The fourth-order valence-electron chi connectivity index (χ4n) is 2.90. The van der Waals surface area contributed by atoms with E-state index in [4.69, 9.17) is 14.3 Å². The zero-order valence-electron chi connectivity index (χ0n) is 16.9. The van der Waals surface area contributed by atoms with Gasteiger partial charge < -0.3 is 19.6 Å². The van der Waals surface area contributed by atoms with Crippen molar-refractivity contribution < 1.29 is 19.1 Å². The van der Waals surface area contributed by atoms with Crippen LogP contribution < -0.4 is 14.8 Å². The molecule has 0 spiro atoms. The Hall–Kier alpha value is -4.24. The number of anilines is 1. The number of nitrogens with zero attached hydrogens (tertiary/aromatic N) is 1. The minimum absolute atomic E-state index is 0.207. The Bertz CT molecular complexity index is 1180. The summed E-state index contributed by atoms with van der Waals surface area (Å²) in [6.45, 7) is 1.80. The second kappa shape index (κ2) is 9.51. The van der Waals surface area contributed by atoms with Gasteiger partial charge in [0.15, 0.2) is 18.1 Å². The first-order chi connectivity index (χ1) is 15.2. The van der Waals surface area contributed by atoms with Gasteiger partial charge in [-0.15, -0.1) is 0 Å². The van der Waals surface area contributed by atoms with Crippen LogP contribution in [-0.4, -0.2) is 25.0 Å². The Morgan fingerprint density at radius 1 is 0.968 bits per heavy atom. The second-order valence-electron chi connectivity index (χ2n) is 6.76. The van der Waals surface area contributed by atoms with Gasteiger partial charge in [-0.25, -0.2) is 0 Å². The summed E-state index contributed by atoms with van der Waals surface area (Å²) in [5.74, 6) is 7.25. The quantitative estimate of drug-likeness (QED) is 0.388. The van der Waals surface area contributed by atoms with Gasteiger partial charge in [-0.05, 0) is 55.5 Å². The normalized spacial score (nSPS) is 12.0. The largest absolute Gasteiger partial charge is 0.454 e. The third-order valence-electron chi connectivity index (χ3n) is 4.46. The lowest BCUT2D eigenvalue weighted by Crippen LogP contribution is -2.17. The van der Waals surface area contributed by atoms with Crippen LogP contribution in [0.15, 0.2) is 78.0 Å². The summed E-state index contributed by atoms with van der Waals surface area (Å²) in [6.07, 6.45) is 0. The summed E-state index contributed by atoms with van der Waals surface area (Å²) in [5.41, 5.74) is 3.84. The minimum Gasteiger partial charge on any atom is -0.454 e. The van der Waals surface area contributed by atoms with Crippen molar-refractivity contribution in [1.29, 1.82) is 0 Å². The van der Waals surface area contributed by atoms with Gasteiger partial charge in [0.2, 0.25) is 6.79 Å². The van der Waals surface area contributed by atoms with Crippen LogP contribution in [0.5, 0.6) is 11.5 Å². The molecule has 0 saturated heterocycles. The first-order valence-electron chi connectivity index (χ1n) is 9.71. The monoisotopic (exact) mass is 412 g/mol. The molecule has 1 aliphatic heterocycles. The molecule has 0 saturated carbocycles. The van der Waals surface area contributed by atoms with Gasteiger partial charge in [0.25, 0.3) is 5.91 Å². The van der Waals surface area contributed by atoms with Crippen LogP contribution in [-0.2, 0) is 9.63 Å². The van der Waals surface area contributed by atoms with E-state index in [0.29, 0.717) is 22.9 Å².